The molecular weight excluding hydrogens is 326 g/mol. The number of aryl methyl sites for hydroxylation is 2. The number of H-pyrrole nitrogens is 1. The fourth-order valence-corrected chi connectivity index (χ4v) is 3.75. The number of aromatic nitrogens is 1. The molecule has 0 saturated carbocycles. The summed E-state index contributed by atoms with van der Waals surface area (Å²) in [5.74, 6) is -0.633. The van der Waals surface area contributed by atoms with Crippen LogP contribution in [0.5, 0.6) is 0 Å². The number of aromatic amines is 1. The van der Waals surface area contributed by atoms with Gasteiger partial charge in [-0.15, -0.1) is 0 Å². The van der Waals surface area contributed by atoms with Gasteiger partial charge < -0.3 is 15.6 Å². The van der Waals surface area contributed by atoms with Gasteiger partial charge in [-0.2, -0.15) is 0 Å². The van der Waals surface area contributed by atoms with Crippen LogP contribution in [0.15, 0.2) is 42.5 Å². The zero-order chi connectivity index (χ0) is 18.4. The lowest BCUT2D eigenvalue weighted by atomic mass is 9.93. The number of benzene rings is 2. The zero-order valence-corrected chi connectivity index (χ0v) is 14.9. The maximum absolute atomic E-state index is 13.2. The third kappa shape index (κ3) is 2.56. The summed E-state index contributed by atoms with van der Waals surface area (Å²) in [5, 5.41) is 1.03. The number of hydrogen-bond acceptors (Lipinski definition) is 2. The molecule has 132 valence electrons. The summed E-state index contributed by atoms with van der Waals surface area (Å²) in [5.41, 5.74) is 11.6. The smallest absolute Gasteiger partial charge is 0.254 e. The van der Waals surface area contributed by atoms with Gasteiger partial charge in [0.15, 0.2) is 0 Å². The number of amides is 2. The molecule has 1 aliphatic heterocycles. The second-order valence-corrected chi connectivity index (χ2v) is 6.96. The van der Waals surface area contributed by atoms with E-state index in [1.54, 1.807) is 11.0 Å². The fraction of sp³-hybridized carbons (Fsp3) is 0.238. The average molecular weight is 347 g/mol. The fourth-order valence-electron chi connectivity index (χ4n) is 3.75. The number of rotatable bonds is 2. The minimum atomic E-state index is -0.623. The van der Waals surface area contributed by atoms with Crippen molar-refractivity contribution in [1.29, 1.82) is 0 Å². The van der Waals surface area contributed by atoms with E-state index in [9.17, 15) is 9.59 Å². The normalized spacial score (nSPS) is 16.5. The Labute approximate surface area is 151 Å². The van der Waals surface area contributed by atoms with E-state index in [4.69, 9.17) is 5.73 Å². The molecule has 0 spiro atoms. The average Bonchev–Trinajstić information content (AvgIpc) is 2.93. The van der Waals surface area contributed by atoms with Crippen molar-refractivity contribution in [2.75, 3.05) is 0 Å². The van der Waals surface area contributed by atoms with Gasteiger partial charge in [0.05, 0.1) is 0 Å². The van der Waals surface area contributed by atoms with Crippen LogP contribution in [-0.2, 0) is 17.8 Å². The molecule has 5 heteroatoms. The minimum Gasteiger partial charge on any atom is -0.368 e. The predicted octanol–water partition coefficient (Wildman–Crippen LogP) is 2.84. The molecule has 1 aromatic heterocycles. The van der Waals surface area contributed by atoms with Crippen LogP contribution in [0.4, 0.5) is 0 Å². The number of carbonyl (C=O) groups is 2. The second kappa shape index (κ2) is 6.02. The van der Waals surface area contributed by atoms with Crippen molar-refractivity contribution < 1.29 is 9.59 Å². The molecule has 4 rings (SSSR count). The molecule has 0 aliphatic carbocycles. The van der Waals surface area contributed by atoms with Crippen LogP contribution in [0.2, 0.25) is 0 Å². The van der Waals surface area contributed by atoms with Gasteiger partial charge in [0, 0.05) is 35.1 Å². The van der Waals surface area contributed by atoms with Gasteiger partial charge in [-0.05, 0) is 48.7 Å². The molecule has 3 aromatic rings. The zero-order valence-electron chi connectivity index (χ0n) is 14.9. The Kier molecular flexibility index (Phi) is 3.80. The van der Waals surface area contributed by atoms with E-state index in [-0.39, 0.29) is 5.91 Å². The first-order valence-electron chi connectivity index (χ1n) is 8.71. The van der Waals surface area contributed by atoms with Crippen LogP contribution in [0.1, 0.15) is 32.7 Å². The number of carbonyl (C=O) groups excluding carboxylic acids is 2. The van der Waals surface area contributed by atoms with Crippen molar-refractivity contribution in [3.63, 3.8) is 0 Å². The number of nitrogens with one attached hydrogen (secondary N) is 1. The van der Waals surface area contributed by atoms with E-state index in [0.29, 0.717) is 18.5 Å². The van der Waals surface area contributed by atoms with Crippen LogP contribution in [-0.4, -0.2) is 27.7 Å². The molecule has 0 bridgehead atoms. The number of fused-ring (bicyclic) bond motifs is 2. The molecular formula is C21H21N3O2. The van der Waals surface area contributed by atoms with Crippen LogP contribution in [0.25, 0.3) is 10.9 Å². The van der Waals surface area contributed by atoms with Crippen LogP contribution >= 0.6 is 0 Å². The monoisotopic (exact) mass is 347 g/mol. The van der Waals surface area contributed by atoms with Crippen molar-refractivity contribution in [3.05, 3.63) is 70.4 Å². The Morgan fingerprint density at radius 3 is 2.58 bits per heavy atom. The van der Waals surface area contributed by atoms with Crippen molar-refractivity contribution in [1.82, 2.24) is 9.88 Å². The van der Waals surface area contributed by atoms with E-state index >= 15 is 0 Å². The SMILES string of the molecule is Cc1[nH]c2ccc(C(=O)N3Cc4ccccc4C[C@H]3C(N)=O)cc2c1C. The molecule has 5 nitrogen and oxygen atoms in total. The van der Waals surface area contributed by atoms with Gasteiger partial charge in [-0.3, -0.25) is 9.59 Å². The first kappa shape index (κ1) is 16.4. The van der Waals surface area contributed by atoms with Gasteiger partial charge >= 0.3 is 0 Å². The van der Waals surface area contributed by atoms with Crippen molar-refractivity contribution in [3.8, 4) is 0 Å². The van der Waals surface area contributed by atoms with Gasteiger partial charge in [0.25, 0.3) is 5.91 Å². The second-order valence-electron chi connectivity index (χ2n) is 6.96. The van der Waals surface area contributed by atoms with Crippen molar-refractivity contribution in [2.45, 2.75) is 32.9 Å². The number of nitrogens with two attached hydrogens (primary N) is 1. The van der Waals surface area contributed by atoms with E-state index in [0.717, 1.165) is 33.3 Å². The molecule has 2 aromatic carbocycles. The molecule has 0 saturated heterocycles. The lowest BCUT2D eigenvalue weighted by Crippen LogP contribution is -2.51. The maximum atomic E-state index is 13.2. The first-order valence-corrected chi connectivity index (χ1v) is 8.71. The van der Waals surface area contributed by atoms with E-state index in [2.05, 4.69) is 4.98 Å². The molecule has 2 heterocycles. The summed E-state index contributed by atoms with van der Waals surface area (Å²) < 4.78 is 0. The highest BCUT2D eigenvalue weighted by molar-refractivity contribution is 6.01. The van der Waals surface area contributed by atoms with Gasteiger partial charge in [-0.1, -0.05) is 24.3 Å². The van der Waals surface area contributed by atoms with Gasteiger partial charge in [-0.25, -0.2) is 0 Å². The van der Waals surface area contributed by atoms with E-state index in [1.807, 2.05) is 50.2 Å². The molecule has 1 aliphatic rings. The van der Waals surface area contributed by atoms with Gasteiger partial charge in [0.2, 0.25) is 5.91 Å². The minimum absolute atomic E-state index is 0.163. The summed E-state index contributed by atoms with van der Waals surface area (Å²) in [7, 11) is 0. The molecule has 2 amide bonds. The Morgan fingerprint density at radius 2 is 1.85 bits per heavy atom. The van der Waals surface area contributed by atoms with E-state index < -0.39 is 11.9 Å². The number of nitrogens with zero attached hydrogens (tertiary/aromatic N) is 1. The summed E-state index contributed by atoms with van der Waals surface area (Å²) in [4.78, 5) is 30.1. The third-order valence-corrected chi connectivity index (χ3v) is 5.39. The number of primary amides is 1. The lowest BCUT2D eigenvalue weighted by molar-refractivity contribution is -0.122. The summed E-state index contributed by atoms with van der Waals surface area (Å²) in [6.07, 6.45) is 0.460. The molecule has 26 heavy (non-hydrogen) atoms. The van der Waals surface area contributed by atoms with Crippen LogP contribution in [0, 0.1) is 13.8 Å². The Morgan fingerprint density at radius 1 is 1.12 bits per heavy atom. The largest absolute Gasteiger partial charge is 0.368 e. The summed E-state index contributed by atoms with van der Waals surface area (Å²) in [6, 6.07) is 12.9. The molecule has 0 fully saturated rings. The Bertz CT molecular complexity index is 1030. The Balaban J connectivity index is 1.74. The summed E-state index contributed by atoms with van der Waals surface area (Å²) in [6.45, 7) is 4.44. The Hall–Kier alpha value is -3.08. The summed E-state index contributed by atoms with van der Waals surface area (Å²) >= 11 is 0. The number of hydrogen-bond donors (Lipinski definition) is 2. The highest BCUT2D eigenvalue weighted by Gasteiger charge is 2.33. The standard InChI is InChI=1S/C21H21N3O2/c1-12-13(2)23-18-8-7-15(9-17(12)18)21(26)24-11-16-6-4-3-5-14(16)10-19(24)20(22)25/h3-9,19,23H,10-11H2,1-2H3,(H2,22,25)/t19-/m0/s1. The lowest BCUT2D eigenvalue weighted by Gasteiger charge is -2.35. The molecule has 0 radical (unpaired) electrons. The van der Waals surface area contributed by atoms with Gasteiger partial charge in [0.1, 0.15) is 6.04 Å². The van der Waals surface area contributed by atoms with Crippen LogP contribution in [0.3, 0.4) is 0 Å². The van der Waals surface area contributed by atoms with E-state index in [1.165, 1.54) is 0 Å². The third-order valence-electron chi connectivity index (χ3n) is 5.39. The van der Waals surface area contributed by atoms with Crippen molar-refractivity contribution in [2.24, 2.45) is 5.73 Å². The highest BCUT2D eigenvalue weighted by Crippen LogP contribution is 2.27. The maximum Gasteiger partial charge on any atom is 0.254 e. The molecule has 0 unspecified atom stereocenters. The van der Waals surface area contributed by atoms with Crippen molar-refractivity contribution >= 4 is 22.7 Å². The predicted molar refractivity (Wildman–Crippen MR) is 101 cm³/mol. The molecule has 1 atom stereocenters. The quantitative estimate of drug-likeness (QED) is 0.747. The van der Waals surface area contributed by atoms with Crippen LogP contribution < -0.4 is 5.73 Å². The topological polar surface area (TPSA) is 79.2 Å². The first-order chi connectivity index (χ1) is 12.5. The molecule has 3 N–H and O–H groups in total. The highest BCUT2D eigenvalue weighted by atomic mass is 16.2.